The Morgan fingerprint density at radius 3 is 2.79 bits per heavy atom. The van der Waals surface area contributed by atoms with E-state index in [1.807, 2.05) is 0 Å². The van der Waals surface area contributed by atoms with Gasteiger partial charge in [-0.2, -0.15) is 5.10 Å². The smallest absolute Gasteiger partial charge is 0.286 e. The average Bonchev–Trinajstić information content (AvgIpc) is 3.29. The summed E-state index contributed by atoms with van der Waals surface area (Å²) in [5, 5.41) is 19.9. The molecule has 24 heavy (non-hydrogen) atoms. The molecule has 0 saturated carbocycles. The number of piperidine rings is 1. The Morgan fingerprint density at radius 2 is 2.17 bits per heavy atom. The van der Waals surface area contributed by atoms with E-state index in [9.17, 15) is 14.7 Å². The lowest BCUT2D eigenvalue weighted by atomic mass is 9.88. The number of aromatic amines is 1. The molecule has 3 N–H and O–H groups in total. The van der Waals surface area contributed by atoms with E-state index in [4.69, 9.17) is 4.42 Å². The van der Waals surface area contributed by atoms with Gasteiger partial charge in [-0.1, -0.05) is 0 Å². The summed E-state index contributed by atoms with van der Waals surface area (Å²) in [6, 6.07) is 4.95. The van der Waals surface area contributed by atoms with Gasteiger partial charge in [0, 0.05) is 32.3 Å². The van der Waals surface area contributed by atoms with E-state index < -0.39 is 5.60 Å². The van der Waals surface area contributed by atoms with Crippen molar-refractivity contribution in [2.24, 2.45) is 0 Å². The summed E-state index contributed by atoms with van der Waals surface area (Å²) in [5.41, 5.74) is -0.277. The summed E-state index contributed by atoms with van der Waals surface area (Å²) in [5.74, 6) is -0.147. The van der Waals surface area contributed by atoms with Crippen molar-refractivity contribution >= 4 is 11.8 Å². The van der Waals surface area contributed by atoms with Crippen molar-refractivity contribution in [3.05, 3.63) is 42.1 Å². The molecule has 0 radical (unpaired) electrons. The molecule has 2 amide bonds. The summed E-state index contributed by atoms with van der Waals surface area (Å²) in [4.78, 5) is 25.6. The molecule has 3 heterocycles. The highest BCUT2D eigenvalue weighted by atomic mass is 16.3. The number of hydrogen-bond donors (Lipinski definition) is 3. The number of nitrogens with zero attached hydrogens (tertiary/aromatic N) is 2. The molecule has 2 aromatic rings. The first kappa shape index (κ1) is 16.3. The molecule has 0 atom stereocenters. The Bertz CT molecular complexity index is 673. The standard InChI is InChI=1S/C16H20N4O4/c21-14(4-7-17-15(22)12-2-1-11-24-12)20-9-5-16(23,6-10-20)13-3-8-18-19-13/h1-3,8,11,23H,4-7,9-10H2,(H,17,22)(H,18,19). The van der Waals surface area contributed by atoms with E-state index >= 15 is 0 Å². The second-order valence-electron chi connectivity index (χ2n) is 5.87. The molecule has 0 bridgehead atoms. The van der Waals surface area contributed by atoms with E-state index in [0.717, 1.165) is 0 Å². The molecule has 128 valence electrons. The Balaban J connectivity index is 1.43. The maximum absolute atomic E-state index is 12.2. The van der Waals surface area contributed by atoms with Gasteiger partial charge < -0.3 is 19.7 Å². The van der Waals surface area contributed by atoms with Crippen molar-refractivity contribution in [3.63, 3.8) is 0 Å². The van der Waals surface area contributed by atoms with Crippen LogP contribution in [0.4, 0.5) is 0 Å². The molecular formula is C16H20N4O4. The number of carbonyl (C=O) groups excluding carboxylic acids is 2. The molecule has 1 aliphatic heterocycles. The van der Waals surface area contributed by atoms with Crippen LogP contribution in [0.3, 0.4) is 0 Å². The zero-order valence-electron chi connectivity index (χ0n) is 13.2. The van der Waals surface area contributed by atoms with Crippen LogP contribution in [-0.4, -0.2) is 51.7 Å². The summed E-state index contributed by atoms with van der Waals surface area (Å²) in [6.07, 6.45) is 4.16. The summed E-state index contributed by atoms with van der Waals surface area (Å²) < 4.78 is 4.98. The van der Waals surface area contributed by atoms with Gasteiger partial charge in [0.2, 0.25) is 5.91 Å². The fraction of sp³-hybridized carbons (Fsp3) is 0.438. The third kappa shape index (κ3) is 3.48. The molecule has 8 heteroatoms. The number of rotatable bonds is 5. The highest BCUT2D eigenvalue weighted by Crippen LogP contribution is 2.31. The monoisotopic (exact) mass is 332 g/mol. The number of aromatic nitrogens is 2. The van der Waals surface area contributed by atoms with Gasteiger partial charge in [0.1, 0.15) is 5.60 Å². The SMILES string of the molecule is O=C(NCCC(=O)N1CCC(O)(c2ccn[nH]2)CC1)c1ccco1. The predicted octanol–water partition coefficient (Wildman–Crippen LogP) is 0.633. The van der Waals surface area contributed by atoms with Crippen LogP contribution in [0.2, 0.25) is 0 Å². The van der Waals surface area contributed by atoms with E-state index in [2.05, 4.69) is 15.5 Å². The van der Waals surface area contributed by atoms with Gasteiger partial charge in [0.15, 0.2) is 5.76 Å². The fourth-order valence-corrected chi connectivity index (χ4v) is 2.85. The third-order valence-corrected chi connectivity index (χ3v) is 4.31. The summed E-state index contributed by atoms with van der Waals surface area (Å²) in [6.45, 7) is 1.20. The number of carbonyl (C=O) groups is 2. The lowest BCUT2D eigenvalue weighted by molar-refractivity contribution is -0.135. The largest absolute Gasteiger partial charge is 0.459 e. The Morgan fingerprint density at radius 1 is 1.38 bits per heavy atom. The van der Waals surface area contributed by atoms with E-state index in [0.29, 0.717) is 31.6 Å². The van der Waals surface area contributed by atoms with Crippen molar-refractivity contribution in [3.8, 4) is 0 Å². The van der Waals surface area contributed by atoms with Gasteiger partial charge in [-0.25, -0.2) is 0 Å². The minimum atomic E-state index is -0.958. The average molecular weight is 332 g/mol. The Kier molecular flexibility index (Phi) is 4.66. The van der Waals surface area contributed by atoms with Crippen LogP contribution in [0, 0.1) is 0 Å². The first-order valence-corrected chi connectivity index (χ1v) is 7.90. The number of aliphatic hydroxyl groups is 1. The number of amides is 2. The van der Waals surface area contributed by atoms with Crippen LogP contribution < -0.4 is 5.32 Å². The summed E-state index contributed by atoms with van der Waals surface area (Å²) >= 11 is 0. The van der Waals surface area contributed by atoms with Crippen LogP contribution in [0.5, 0.6) is 0 Å². The quantitative estimate of drug-likeness (QED) is 0.744. The topological polar surface area (TPSA) is 111 Å². The number of H-pyrrole nitrogens is 1. The van der Waals surface area contributed by atoms with E-state index in [1.54, 1.807) is 29.3 Å². The maximum atomic E-state index is 12.2. The molecule has 8 nitrogen and oxygen atoms in total. The van der Waals surface area contributed by atoms with E-state index in [-0.39, 0.29) is 30.5 Å². The van der Waals surface area contributed by atoms with Crippen LogP contribution in [0.15, 0.2) is 35.1 Å². The number of hydrogen-bond acceptors (Lipinski definition) is 5. The summed E-state index contributed by atoms with van der Waals surface area (Å²) in [7, 11) is 0. The normalized spacial score (nSPS) is 16.8. The van der Waals surface area contributed by atoms with E-state index in [1.165, 1.54) is 6.26 Å². The Hall–Kier alpha value is -2.61. The molecule has 0 aromatic carbocycles. The van der Waals surface area contributed by atoms with Crippen molar-refractivity contribution < 1.29 is 19.1 Å². The number of likely N-dealkylation sites (tertiary alicyclic amines) is 1. The molecule has 1 fully saturated rings. The molecule has 0 spiro atoms. The minimum Gasteiger partial charge on any atom is -0.459 e. The highest BCUT2D eigenvalue weighted by Gasteiger charge is 2.36. The number of nitrogens with one attached hydrogen (secondary N) is 2. The zero-order valence-corrected chi connectivity index (χ0v) is 13.2. The first-order chi connectivity index (χ1) is 11.6. The minimum absolute atomic E-state index is 0.0404. The van der Waals surface area contributed by atoms with Crippen molar-refractivity contribution in [1.82, 2.24) is 20.4 Å². The third-order valence-electron chi connectivity index (χ3n) is 4.31. The van der Waals surface area contributed by atoms with Crippen molar-refractivity contribution in [2.75, 3.05) is 19.6 Å². The molecule has 1 aliphatic rings. The van der Waals surface area contributed by atoms with Crippen LogP contribution in [0.1, 0.15) is 35.5 Å². The van der Waals surface area contributed by atoms with Crippen molar-refractivity contribution in [2.45, 2.75) is 24.9 Å². The van der Waals surface area contributed by atoms with Gasteiger partial charge in [0.25, 0.3) is 5.91 Å². The van der Waals surface area contributed by atoms with Crippen molar-refractivity contribution in [1.29, 1.82) is 0 Å². The number of furan rings is 1. The Labute approximate surface area is 138 Å². The fourth-order valence-electron chi connectivity index (χ4n) is 2.85. The predicted molar refractivity (Wildman–Crippen MR) is 84.0 cm³/mol. The van der Waals surface area contributed by atoms with Gasteiger partial charge in [0.05, 0.1) is 12.0 Å². The maximum Gasteiger partial charge on any atom is 0.286 e. The van der Waals surface area contributed by atoms with Crippen LogP contribution in [0.25, 0.3) is 0 Å². The molecule has 3 rings (SSSR count). The van der Waals surface area contributed by atoms with Gasteiger partial charge >= 0.3 is 0 Å². The lowest BCUT2D eigenvalue weighted by Gasteiger charge is -2.37. The first-order valence-electron chi connectivity index (χ1n) is 7.90. The zero-order chi connectivity index (χ0) is 17.0. The van der Waals surface area contributed by atoms with Gasteiger partial charge in [-0.15, -0.1) is 0 Å². The van der Waals surface area contributed by atoms with Crippen LogP contribution in [-0.2, 0) is 10.4 Å². The molecular weight excluding hydrogens is 312 g/mol. The van der Waals surface area contributed by atoms with Crippen LogP contribution >= 0.6 is 0 Å². The molecule has 1 saturated heterocycles. The molecule has 2 aromatic heterocycles. The lowest BCUT2D eigenvalue weighted by Crippen LogP contribution is -2.46. The molecule has 0 unspecified atom stereocenters. The highest BCUT2D eigenvalue weighted by molar-refractivity contribution is 5.91. The second kappa shape index (κ2) is 6.88. The van der Waals surface area contributed by atoms with Gasteiger partial charge in [-0.3, -0.25) is 14.7 Å². The van der Waals surface area contributed by atoms with Gasteiger partial charge in [-0.05, 0) is 31.0 Å². The molecule has 0 aliphatic carbocycles. The second-order valence-corrected chi connectivity index (χ2v) is 5.87.